The maximum atomic E-state index is 10.6. The van der Waals surface area contributed by atoms with Crippen LogP contribution in [0.2, 0.25) is 0 Å². The fourth-order valence-electron chi connectivity index (χ4n) is 3.28. The van der Waals surface area contributed by atoms with Crippen molar-refractivity contribution in [1.29, 1.82) is 0 Å². The van der Waals surface area contributed by atoms with E-state index in [2.05, 4.69) is 33.0 Å². The van der Waals surface area contributed by atoms with Gasteiger partial charge in [-0.2, -0.15) is 0 Å². The van der Waals surface area contributed by atoms with Crippen LogP contribution in [-0.2, 0) is 0 Å². The molecule has 0 aromatic carbocycles. The van der Waals surface area contributed by atoms with Gasteiger partial charge in [-0.15, -0.1) is 0 Å². The molecule has 0 amide bonds. The summed E-state index contributed by atoms with van der Waals surface area (Å²) in [5.74, 6) is 2.13. The normalized spacial score (nSPS) is 20.7. The summed E-state index contributed by atoms with van der Waals surface area (Å²) < 4.78 is 0. The molecule has 1 rings (SSSR count). The minimum atomic E-state index is -0.436. The van der Waals surface area contributed by atoms with Crippen LogP contribution >= 0.6 is 0 Å². The van der Waals surface area contributed by atoms with Crippen molar-refractivity contribution in [2.45, 2.75) is 71.8 Å². The molecule has 0 saturated heterocycles. The highest BCUT2D eigenvalue weighted by Gasteiger charge is 2.28. The second-order valence-corrected chi connectivity index (χ2v) is 6.92. The molecule has 0 aromatic heterocycles. The van der Waals surface area contributed by atoms with Crippen molar-refractivity contribution in [1.82, 2.24) is 5.32 Å². The monoisotopic (exact) mass is 255 g/mol. The van der Waals surface area contributed by atoms with E-state index in [4.69, 9.17) is 0 Å². The van der Waals surface area contributed by atoms with Gasteiger partial charge >= 0.3 is 0 Å². The zero-order chi connectivity index (χ0) is 13.6. The molecule has 1 saturated carbocycles. The second kappa shape index (κ2) is 7.49. The van der Waals surface area contributed by atoms with Crippen LogP contribution in [0.5, 0.6) is 0 Å². The van der Waals surface area contributed by atoms with Crippen LogP contribution in [0.4, 0.5) is 0 Å². The number of nitrogens with one attached hydrogen (secondary N) is 1. The van der Waals surface area contributed by atoms with Crippen LogP contribution in [0.1, 0.15) is 66.2 Å². The third-order valence-corrected chi connectivity index (χ3v) is 4.58. The van der Waals surface area contributed by atoms with Gasteiger partial charge in [-0.05, 0) is 37.1 Å². The van der Waals surface area contributed by atoms with Crippen LogP contribution in [0, 0.1) is 17.8 Å². The molecule has 2 nitrogen and oxygen atoms in total. The van der Waals surface area contributed by atoms with Gasteiger partial charge in [0, 0.05) is 6.54 Å². The minimum Gasteiger partial charge on any atom is -0.389 e. The summed E-state index contributed by atoms with van der Waals surface area (Å²) in [6.45, 7) is 11.0. The highest BCUT2D eigenvalue weighted by atomic mass is 16.3. The summed E-state index contributed by atoms with van der Waals surface area (Å²) in [6.07, 6.45) is 6.93. The molecular formula is C16H33NO. The maximum absolute atomic E-state index is 10.6. The first-order chi connectivity index (χ1) is 8.44. The van der Waals surface area contributed by atoms with Gasteiger partial charge in [0.2, 0.25) is 0 Å². The third kappa shape index (κ3) is 5.27. The van der Waals surface area contributed by atoms with E-state index in [0.717, 1.165) is 25.9 Å². The van der Waals surface area contributed by atoms with Crippen molar-refractivity contribution < 1.29 is 5.11 Å². The van der Waals surface area contributed by atoms with E-state index in [1.54, 1.807) is 0 Å². The van der Waals surface area contributed by atoms with Crippen molar-refractivity contribution in [2.24, 2.45) is 17.8 Å². The number of hydrogen-bond donors (Lipinski definition) is 2. The molecule has 2 N–H and O–H groups in total. The lowest BCUT2D eigenvalue weighted by molar-refractivity contribution is 0.0234. The van der Waals surface area contributed by atoms with Crippen molar-refractivity contribution >= 4 is 0 Å². The van der Waals surface area contributed by atoms with Gasteiger partial charge < -0.3 is 10.4 Å². The molecule has 0 radical (unpaired) electrons. The van der Waals surface area contributed by atoms with Crippen LogP contribution in [0.3, 0.4) is 0 Å². The van der Waals surface area contributed by atoms with Gasteiger partial charge in [-0.25, -0.2) is 0 Å². The molecule has 0 unspecified atom stereocenters. The fourth-order valence-corrected chi connectivity index (χ4v) is 3.28. The molecule has 0 bridgehead atoms. The first-order valence-corrected chi connectivity index (χ1v) is 7.88. The quantitative estimate of drug-likeness (QED) is 0.711. The molecule has 108 valence electrons. The van der Waals surface area contributed by atoms with Gasteiger partial charge in [0.15, 0.2) is 0 Å². The van der Waals surface area contributed by atoms with E-state index in [1.807, 2.05) is 0 Å². The summed E-state index contributed by atoms with van der Waals surface area (Å²) in [4.78, 5) is 0. The Balaban J connectivity index is 2.34. The summed E-state index contributed by atoms with van der Waals surface area (Å²) >= 11 is 0. The highest BCUT2D eigenvalue weighted by Crippen LogP contribution is 2.26. The molecule has 1 aliphatic rings. The van der Waals surface area contributed by atoms with Gasteiger partial charge in [0.05, 0.1) is 5.60 Å². The first kappa shape index (κ1) is 16.0. The molecule has 0 heterocycles. The average molecular weight is 255 g/mol. The zero-order valence-corrected chi connectivity index (χ0v) is 12.8. The van der Waals surface area contributed by atoms with Crippen molar-refractivity contribution in [3.05, 3.63) is 0 Å². The molecule has 0 atom stereocenters. The maximum Gasteiger partial charge on any atom is 0.0771 e. The Kier molecular flexibility index (Phi) is 6.65. The third-order valence-electron chi connectivity index (χ3n) is 4.58. The average Bonchev–Trinajstić information content (AvgIpc) is 2.49. The standard InChI is InChI=1S/C16H33NO/c1-13(2)15(14(3)4)11-17-12-16(18)9-7-5-6-8-10-16/h13-15,17-18H,5-12H2,1-4H3. The number of aliphatic hydroxyl groups is 1. The van der Waals surface area contributed by atoms with Crippen LogP contribution in [0.15, 0.2) is 0 Å². The lowest BCUT2D eigenvalue weighted by atomic mass is 9.85. The number of rotatable bonds is 6. The summed E-state index contributed by atoms with van der Waals surface area (Å²) in [5.41, 5.74) is -0.436. The topological polar surface area (TPSA) is 32.3 Å². The number of hydrogen-bond acceptors (Lipinski definition) is 2. The van der Waals surface area contributed by atoms with Crippen molar-refractivity contribution in [3.63, 3.8) is 0 Å². The minimum absolute atomic E-state index is 0.436. The molecular weight excluding hydrogens is 222 g/mol. The molecule has 1 fully saturated rings. The Morgan fingerprint density at radius 2 is 1.44 bits per heavy atom. The molecule has 2 heteroatoms. The Morgan fingerprint density at radius 1 is 0.944 bits per heavy atom. The Morgan fingerprint density at radius 3 is 1.89 bits per heavy atom. The van der Waals surface area contributed by atoms with E-state index in [-0.39, 0.29) is 0 Å². The predicted octanol–water partition coefficient (Wildman–Crippen LogP) is 3.59. The Labute approximate surface area is 114 Å². The largest absolute Gasteiger partial charge is 0.389 e. The van der Waals surface area contributed by atoms with Crippen molar-refractivity contribution in [3.8, 4) is 0 Å². The van der Waals surface area contributed by atoms with Gasteiger partial charge in [-0.1, -0.05) is 53.4 Å². The van der Waals surface area contributed by atoms with Gasteiger partial charge in [-0.3, -0.25) is 0 Å². The smallest absolute Gasteiger partial charge is 0.0771 e. The van der Waals surface area contributed by atoms with Crippen LogP contribution in [-0.4, -0.2) is 23.8 Å². The lowest BCUT2D eigenvalue weighted by Gasteiger charge is -2.30. The van der Waals surface area contributed by atoms with E-state index < -0.39 is 5.60 Å². The van der Waals surface area contributed by atoms with Crippen LogP contribution in [0.25, 0.3) is 0 Å². The molecule has 0 aromatic rings. The molecule has 0 spiro atoms. The van der Waals surface area contributed by atoms with E-state index in [1.165, 1.54) is 25.7 Å². The van der Waals surface area contributed by atoms with Gasteiger partial charge in [0.25, 0.3) is 0 Å². The SMILES string of the molecule is CC(C)C(CNCC1(O)CCCCCC1)C(C)C. The van der Waals surface area contributed by atoms with E-state index in [0.29, 0.717) is 17.8 Å². The van der Waals surface area contributed by atoms with Crippen molar-refractivity contribution in [2.75, 3.05) is 13.1 Å². The molecule has 1 aliphatic carbocycles. The van der Waals surface area contributed by atoms with E-state index >= 15 is 0 Å². The van der Waals surface area contributed by atoms with E-state index in [9.17, 15) is 5.11 Å². The Bertz CT molecular complexity index is 209. The predicted molar refractivity (Wildman–Crippen MR) is 78.7 cm³/mol. The fraction of sp³-hybridized carbons (Fsp3) is 1.00. The molecule has 18 heavy (non-hydrogen) atoms. The molecule has 0 aliphatic heterocycles. The first-order valence-electron chi connectivity index (χ1n) is 7.88. The van der Waals surface area contributed by atoms with Crippen LogP contribution < -0.4 is 5.32 Å². The summed E-state index contributed by atoms with van der Waals surface area (Å²) in [6, 6.07) is 0. The summed E-state index contributed by atoms with van der Waals surface area (Å²) in [5, 5.41) is 14.1. The lowest BCUT2D eigenvalue weighted by Crippen LogP contribution is -2.43. The second-order valence-electron chi connectivity index (χ2n) is 6.92. The van der Waals surface area contributed by atoms with Gasteiger partial charge in [0.1, 0.15) is 0 Å². The zero-order valence-electron chi connectivity index (χ0n) is 12.8. The highest BCUT2D eigenvalue weighted by molar-refractivity contribution is 4.84. The Hall–Kier alpha value is -0.0800. The summed E-state index contributed by atoms with van der Waals surface area (Å²) in [7, 11) is 0.